The third-order valence-corrected chi connectivity index (χ3v) is 6.05. The lowest BCUT2D eigenvalue weighted by Gasteiger charge is -2.37. The molecule has 0 saturated carbocycles. The molecule has 0 aromatic carbocycles. The Kier molecular flexibility index (Phi) is 5.64. The van der Waals surface area contributed by atoms with E-state index in [1.807, 2.05) is 6.92 Å². The zero-order valence-corrected chi connectivity index (χ0v) is 16.6. The van der Waals surface area contributed by atoms with Gasteiger partial charge in [-0.15, -0.1) is 11.3 Å². The van der Waals surface area contributed by atoms with Crippen molar-refractivity contribution in [2.45, 2.75) is 32.7 Å². The highest BCUT2D eigenvalue weighted by atomic mass is 32.1. The van der Waals surface area contributed by atoms with E-state index in [9.17, 15) is 14.4 Å². The molecule has 1 saturated heterocycles. The number of hydrogen-bond acceptors (Lipinski definition) is 6. The molecular weight excluding hydrogens is 378 g/mol. The van der Waals surface area contributed by atoms with Crippen LogP contribution in [0.2, 0.25) is 0 Å². The van der Waals surface area contributed by atoms with E-state index in [2.05, 4.69) is 10.3 Å². The molecule has 1 fully saturated rings. The number of amides is 3. The van der Waals surface area contributed by atoms with E-state index < -0.39 is 17.7 Å². The van der Waals surface area contributed by atoms with Gasteiger partial charge in [0.05, 0.1) is 22.8 Å². The molecule has 3 rings (SSSR count). The van der Waals surface area contributed by atoms with Gasteiger partial charge in [0.15, 0.2) is 0 Å². The first-order chi connectivity index (χ1) is 13.3. The van der Waals surface area contributed by atoms with Gasteiger partial charge >= 0.3 is 11.8 Å². The first-order valence-electron chi connectivity index (χ1n) is 9.00. The number of carbonyl (C=O) groups excluding carboxylic acids is 3. The Balaban J connectivity index is 1.79. The summed E-state index contributed by atoms with van der Waals surface area (Å²) in [6.45, 7) is 4.29. The molecule has 0 spiro atoms. The van der Waals surface area contributed by atoms with E-state index in [0.29, 0.717) is 28.5 Å². The number of primary amides is 1. The minimum absolute atomic E-state index is 0.251. The summed E-state index contributed by atoms with van der Waals surface area (Å²) >= 11 is 1.27. The minimum atomic E-state index is -0.725. The lowest BCUT2D eigenvalue weighted by atomic mass is 9.93. The molecule has 2 atom stereocenters. The largest absolute Gasteiger partial charge is 0.383 e. The molecule has 5 N–H and O–H groups in total. The molecule has 2 aromatic rings. The zero-order chi connectivity index (χ0) is 20.4. The topological polar surface area (TPSA) is 131 Å². The number of anilines is 2. The van der Waals surface area contributed by atoms with Crippen molar-refractivity contribution in [3.05, 3.63) is 39.7 Å². The van der Waals surface area contributed by atoms with Crippen LogP contribution in [0.25, 0.3) is 0 Å². The maximum atomic E-state index is 12.9. The van der Waals surface area contributed by atoms with E-state index in [0.717, 1.165) is 17.7 Å². The van der Waals surface area contributed by atoms with Crippen LogP contribution >= 0.6 is 11.3 Å². The van der Waals surface area contributed by atoms with Crippen molar-refractivity contribution in [3.8, 4) is 0 Å². The predicted octanol–water partition coefficient (Wildman–Crippen LogP) is 2.07. The fraction of sp³-hybridized carbons (Fsp3) is 0.368. The highest BCUT2D eigenvalue weighted by molar-refractivity contribution is 7.14. The summed E-state index contributed by atoms with van der Waals surface area (Å²) in [5.41, 5.74) is 12.2. The van der Waals surface area contributed by atoms with Gasteiger partial charge < -0.3 is 21.7 Å². The van der Waals surface area contributed by atoms with E-state index in [-0.39, 0.29) is 12.0 Å². The molecule has 0 aliphatic carbocycles. The van der Waals surface area contributed by atoms with Gasteiger partial charge in [-0.2, -0.15) is 0 Å². The van der Waals surface area contributed by atoms with Crippen LogP contribution in [0.4, 0.5) is 11.5 Å². The summed E-state index contributed by atoms with van der Waals surface area (Å²) in [6.07, 6.45) is 3.07. The highest BCUT2D eigenvalue weighted by Crippen LogP contribution is 2.36. The lowest BCUT2D eigenvalue weighted by Crippen LogP contribution is -2.46. The number of aromatic nitrogens is 1. The van der Waals surface area contributed by atoms with Crippen molar-refractivity contribution in [2.75, 3.05) is 17.6 Å². The number of pyridine rings is 1. The van der Waals surface area contributed by atoms with Gasteiger partial charge in [0.2, 0.25) is 0 Å². The summed E-state index contributed by atoms with van der Waals surface area (Å²) < 4.78 is 0. The Hall–Kier alpha value is -2.94. The Labute approximate surface area is 166 Å². The SMILES string of the molecule is Cc1cc(NC(=O)C(=O)N2C[C@H](C)CC[C@H]2c2ccc(C(N)=O)s2)cnc1N. The zero-order valence-electron chi connectivity index (χ0n) is 15.8. The Morgan fingerprint density at radius 1 is 1.29 bits per heavy atom. The molecule has 1 aliphatic rings. The number of nitrogens with one attached hydrogen (secondary N) is 1. The van der Waals surface area contributed by atoms with E-state index in [1.54, 1.807) is 30.0 Å². The number of likely N-dealkylation sites (tertiary alicyclic amines) is 1. The van der Waals surface area contributed by atoms with Crippen LogP contribution in [0.3, 0.4) is 0 Å². The molecule has 148 valence electrons. The minimum Gasteiger partial charge on any atom is -0.383 e. The first-order valence-corrected chi connectivity index (χ1v) is 9.81. The van der Waals surface area contributed by atoms with Crippen molar-refractivity contribution >= 4 is 40.6 Å². The van der Waals surface area contributed by atoms with E-state index in [4.69, 9.17) is 11.5 Å². The number of thiophene rings is 1. The second-order valence-electron chi connectivity index (χ2n) is 7.10. The van der Waals surface area contributed by atoms with Gasteiger partial charge in [0.1, 0.15) is 5.82 Å². The fourth-order valence-electron chi connectivity index (χ4n) is 3.31. The molecule has 3 heterocycles. The summed E-state index contributed by atoms with van der Waals surface area (Å²) in [7, 11) is 0. The van der Waals surface area contributed by atoms with Gasteiger partial charge in [-0.25, -0.2) is 4.98 Å². The maximum Gasteiger partial charge on any atom is 0.313 e. The average Bonchev–Trinajstić information content (AvgIpc) is 3.14. The van der Waals surface area contributed by atoms with Crippen LogP contribution in [0.1, 0.15) is 45.9 Å². The molecule has 9 heteroatoms. The fourth-order valence-corrected chi connectivity index (χ4v) is 4.31. The van der Waals surface area contributed by atoms with E-state index >= 15 is 0 Å². The van der Waals surface area contributed by atoms with Gasteiger partial charge in [0, 0.05) is 11.4 Å². The van der Waals surface area contributed by atoms with Gasteiger partial charge in [-0.1, -0.05) is 6.92 Å². The number of carbonyl (C=O) groups is 3. The number of aryl methyl sites for hydroxylation is 1. The number of nitrogens with zero attached hydrogens (tertiary/aromatic N) is 2. The third-order valence-electron chi connectivity index (χ3n) is 4.85. The van der Waals surface area contributed by atoms with Crippen LogP contribution in [0.5, 0.6) is 0 Å². The molecular formula is C19H23N5O3S. The van der Waals surface area contributed by atoms with Crippen LogP contribution < -0.4 is 16.8 Å². The number of nitrogen functional groups attached to an aromatic ring is 1. The number of nitrogens with two attached hydrogens (primary N) is 2. The van der Waals surface area contributed by atoms with Crippen molar-refractivity contribution < 1.29 is 14.4 Å². The smallest absolute Gasteiger partial charge is 0.313 e. The predicted molar refractivity (Wildman–Crippen MR) is 108 cm³/mol. The standard InChI is InChI=1S/C19H23N5O3S/c1-10-3-4-13(14-5-6-15(28-14)17(21)25)24(9-10)19(27)18(26)23-12-7-11(2)16(20)22-8-12/h5-8,10,13H,3-4,9H2,1-2H3,(H2,20,22)(H2,21,25)(H,23,26)/t10-,13+/m1/s1. The summed E-state index contributed by atoms with van der Waals surface area (Å²) in [5, 5.41) is 2.60. The quantitative estimate of drug-likeness (QED) is 0.678. The maximum absolute atomic E-state index is 12.9. The summed E-state index contributed by atoms with van der Waals surface area (Å²) in [5.74, 6) is -1.18. The number of piperidine rings is 1. The monoisotopic (exact) mass is 401 g/mol. The molecule has 0 unspecified atom stereocenters. The third kappa shape index (κ3) is 4.14. The lowest BCUT2D eigenvalue weighted by molar-refractivity contribution is -0.146. The molecule has 3 amide bonds. The number of rotatable bonds is 3. The van der Waals surface area contributed by atoms with Crippen LogP contribution in [-0.2, 0) is 9.59 Å². The van der Waals surface area contributed by atoms with Crippen LogP contribution in [0, 0.1) is 12.8 Å². The molecule has 0 bridgehead atoms. The molecule has 0 radical (unpaired) electrons. The van der Waals surface area contributed by atoms with Crippen molar-refractivity contribution in [1.29, 1.82) is 0 Å². The van der Waals surface area contributed by atoms with Gasteiger partial charge in [-0.3, -0.25) is 14.4 Å². The summed E-state index contributed by atoms with van der Waals surface area (Å²) in [4.78, 5) is 43.7. The summed E-state index contributed by atoms with van der Waals surface area (Å²) in [6, 6.07) is 4.88. The Morgan fingerprint density at radius 3 is 2.68 bits per heavy atom. The van der Waals surface area contributed by atoms with Crippen molar-refractivity contribution in [2.24, 2.45) is 11.7 Å². The van der Waals surface area contributed by atoms with Crippen molar-refractivity contribution in [3.63, 3.8) is 0 Å². The van der Waals surface area contributed by atoms with Gasteiger partial charge in [0.25, 0.3) is 5.91 Å². The molecule has 8 nitrogen and oxygen atoms in total. The molecule has 1 aliphatic heterocycles. The van der Waals surface area contributed by atoms with E-state index in [1.165, 1.54) is 17.5 Å². The first kappa shape index (κ1) is 19.8. The van der Waals surface area contributed by atoms with Gasteiger partial charge in [-0.05, 0) is 49.4 Å². The second-order valence-corrected chi connectivity index (χ2v) is 8.22. The Bertz CT molecular complexity index is 926. The normalized spacial score (nSPS) is 19.3. The number of hydrogen-bond donors (Lipinski definition) is 3. The highest BCUT2D eigenvalue weighted by Gasteiger charge is 2.35. The van der Waals surface area contributed by atoms with Crippen LogP contribution in [-0.4, -0.2) is 34.2 Å². The molecule has 2 aromatic heterocycles. The Morgan fingerprint density at radius 2 is 2.04 bits per heavy atom. The van der Waals surface area contributed by atoms with Crippen molar-refractivity contribution in [1.82, 2.24) is 9.88 Å². The average molecular weight is 401 g/mol. The molecule has 28 heavy (non-hydrogen) atoms. The van der Waals surface area contributed by atoms with Crippen LogP contribution in [0.15, 0.2) is 24.4 Å². The second kappa shape index (κ2) is 7.97.